The first kappa shape index (κ1) is 14.7. The summed E-state index contributed by atoms with van der Waals surface area (Å²) in [5, 5.41) is 3.34. The summed E-state index contributed by atoms with van der Waals surface area (Å²) in [5.41, 5.74) is 1.82. The Morgan fingerprint density at radius 2 is 2.00 bits per heavy atom. The lowest BCUT2D eigenvalue weighted by Gasteiger charge is -2.10. The molecule has 20 heavy (non-hydrogen) atoms. The first-order chi connectivity index (χ1) is 9.45. The zero-order valence-electron chi connectivity index (χ0n) is 11.7. The van der Waals surface area contributed by atoms with Gasteiger partial charge in [0.05, 0.1) is 5.02 Å². The molecule has 3 nitrogen and oxygen atoms in total. The van der Waals surface area contributed by atoms with Crippen molar-refractivity contribution in [3.8, 4) is 0 Å². The number of nitrogens with one attached hydrogen (secondary N) is 1. The van der Waals surface area contributed by atoms with Crippen LogP contribution >= 0.6 is 11.6 Å². The van der Waals surface area contributed by atoms with Crippen molar-refractivity contribution in [2.24, 2.45) is 0 Å². The summed E-state index contributed by atoms with van der Waals surface area (Å²) in [4.78, 5) is 8.85. The largest absolute Gasteiger partial charge is 0.366 e. The summed E-state index contributed by atoms with van der Waals surface area (Å²) in [7, 11) is 0. The lowest BCUT2D eigenvalue weighted by molar-refractivity contribution is 0.627. The van der Waals surface area contributed by atoms with Gasteiger partial charge in [-0.1, -0.05) is 31.5 Å². The van der Waals surface area contributed by atoms with Gasteiger partial charge < -0.3 is 5.32 Å². The van der Waals surface area contributed by atoms with Gasteiger partial charge in [0, 0.05) is 24.2 Å². The summed E-state index contributed by atoms with van der Waals surface area (Å²) in [6, 6.07) is 6.56. The predicted octanol–water partition coefficient (Wildman–Crippen LogP) is 4.31. The standard InChI is InChI=1S/C15H17ClFN3/c1-9(2)15-19-10(3)6-14(20-15)18-8-11-4-5-13(17)12(16)7-11/h4-7,9H,8H2,1-3H3,(H,18,19,20). The Hall–Kier alpha value is -1.68. The fourth-order valence-corrected chi connectivity index (χ4v) is 1.99. The van der Waals surface area contributed by atoms with Crippen LogP contribution in [0.3, 0.4) is 0 Å². The van der Waals surface area contributed by atoms with E-state index >= 15 is 0 Å². The molecule has 1 N–H and O–H groups in total. The van der Waals surface area contributed by atoms with Gasteiger partial charge in [-0.2, -0.15) is 0 Å². The highest BCUT2D eigenvalue weighted by Crippen LogP contribution is 2.18. The summed E-state index contributed by atoms with van der Waals surface area (Å²) in [6.07, 6.45) is 0. The highest BCUT2D eigenvalue weighted by Gasteiger charge is 2.06. The maximum Gasteiger partial charge on any atom is 0.141 e. The molecule has 1 aromatic heterocycles. The van der Waals surface area contributed by atoms with Crippen LogP contribution in [0.2, 0.25) is 5.02 Å². The van der Waals surface area contributed by atoms with Crippen LogP contribution in [0.15, 0.2) is 24.3 Å². The smallest absolute Gasteiger partial charge is 0.141 e. The lowest BCUT2D eigenvalue weighted by Crippen LogP contribution is -2.06. The minimum atomic E-state index is -0.407. The highest BCUT2D eigenvalue weighted by molar-refractivity contribution is 6.30. The van der Waals surface area contributed by atoms with Crippen molar-refractivity contribution in [2.75, 3.05) is 5.32 Å². The average Bonchev–Trinajstić information content (AvgIpc) is 2.39. The number of hydrogen-bond acceptors (Lipinski definition) is 3. The average molecular weight is 294 g/mol. The number of halogens is 2. The third-order valence-electron chi connectivity index (χ3n) is 2.85. The Morgan fingerprint density at radius 3 is 2.65 bits per heavy atom. The fraction of sp³-hybridized carbons (Fsp3) is 0.333. The van der Waals surface area contributed by atoms with E-state index in [9.17, 15) is 4.39 Å². The van der Waals surface area contributed by atoms with E-state index < -0.39 is 5.82 Å². The molecule has 5 heteroatoms. The van der Waals surface area contributed by atoms with Crippen LogP contribution in [0.5, 0.6) is 0 Å². The second kappa shape index (κ2) is 6.18. The minimum absolute atomic E-state index is 0.131. The van der Waals surface area contributed by atoms with E-state index in [0.29, 0.717) is 6.54 Å². The van der Waals surface area contributed by atoms with Gasteiger partial charge >= 0.3 is 0 Å². The lowest BCUT2D eigenvalue weighted by atomic mass is 10.2. The molecule has 2 aromatic rings. The Labute approximate surface area is 123 Å². The van der Waals surface area contributed by atoms with Crippen LogP contribution in [0.4, 0.5) is 10.2 Å². The number of aryl methyl sites for hydroxylation is 1. The van der Waals surface area contributed by atoms with Gasteiger partial charge in [0.15, 0.2) is 0 Å². The topological polar surface area (TPSA) is 37.8 Å². The van der Waals surface area contributed by atoms with E-state index in [1.807, 2.05) is 13.0 Å². The zero-order valence-corrected chi connectivity index (χ0v) is 12.5. The minimum Gasteiger partial charge on any atom is -0.366 e. The molecule has 0 radical (unpaired) electrons. The van der Waals surface area contributed by atoms with E-state index in [4.69, 9.17) is 11.6 Å². The second-order valence-corrected chi connectivity index (χ2v) is 5.42. The Kier molecular flexibility index (Phi) is 4.55. The monoisotopic (exact) mass is 293 g/mol. The van der Waals surface area contributed by atoms with Crippen molar-refractivity contribution in [1.29, 1.82) is 0 Å². The van der Waals surface area contributed by atoms with E-state index in [0.717, 1.165) is 22.9 Å². The quantitative estimate of drug-likeness (QED) is 0.912. The summed E-state index contributed by atoms with van der Waals surface area (Å²) in [6.45, 7) is 6.58. The van der Waals surface area contributed by atoms with E-state index in [-0.39, 0.29) is 10.9 Å². The second-order valence-electron chi connectivity index (χ2n) is 5.01. The molecule has 0 bridgehead atoms. The highest BCUT2D eigenvalue weighted by atomic mass is 35.5. The SMILES string of the molecule is Cc1cc(NCc2ccc(F)c(Cl)c2)nc(C(C)C)n1. The Bertz CT molecular complexity index is 614. The number of anilines is 1. The third kappa shape index (κ3) is 3.67. The molecule has 0 fully saturated rings. The Morgan fingerprint density at radius 1 is 1.25 bits per heavy atom. The van der Waals surface area contributed by atoms with E-state index in [1.54, 1.807) is 12.1 Å². The summed E-state index contributed by atoms with van der Waals surface area (Å²) < 4.78 is 13.1. The van der Waals surface area contributed by atoms with Gasteiger partial charge in [-0.05, 0) is 24.6 Å². The number of hydrogen-bond donors (Lipinski definition) is 1. The van der Waals surface area contributed by atoms with Crippen LogP contribution in [0.1, 0.15) is 36.8 Å². The van der Waals surface area contributed by atoms with Crippen molar-refractivity contribution < 1.29 is 4.39 Å². The van der Waals surface area contributed by atoms with Crippen molar-refractivity contribution in [3.05, 3.63) is 52.2 Å². The first-order valence-electron chi connectivity index (χ1n) is 6.49. The number of aromatic nitrogens is 2. The molecule has 0 spiro atoms. The molecule has 0 saturated carbocycles. The normalized spacial score (nSPS) is 10.9. The molecule has 1 aromatic carbocycles. The first-order valence-corrected chi connectivity index (χ1v) is 6.87. The van der Waals surface area contributed by atoms with Crippen molar-refractivity contribution in [1.82, 2.24) is 9.97 Å². The number of rotatable bonds is 4. The predicted molar refractivity (Wildman–Crippen MR) is 79.6 cm³/mol. The molecule has 2 rings (SSSR count). The van der Waals surface area contributed by atoms with Crippen LogP contribution in [0.25, 0.3) is 0 Å². The number of nitrogens with zero attached hydrogens (tertiary/aromatic N) is 2. The zero-order chi connectivity index (χ0) is 14.7. The fourth-order valence-electron chi connectivity index (χ4n) is 1.78. The van der Waals surface area contributed by atoms with Gasteiger partial charge in [-0.25, -0.2) is 14.4 Å². The van der Waals surface area contributed by atoms with Crippen LogP contribution in [-0.2, 0) is 6.54 Å². The van der Waals surface area contributed by atoms with Crippen molar-refractivity contribution in [2.45, 2.75) is 33.2 Å². The van der Waals surface area contributed by atoms with Gasteiger partial charge in [0.25, 0.3) is 0 Å². The summed E-state index contributed by atoms with van der Waals surface area (Å²) in [5.74, 6) is 1.44. The Balaban J connectivity index is 2.12. The van der Waals surface area contributed by atoms with Gasteiger partial charge in [-0.3, -0.25) is 0 Å². The maximum atomic E-state index is 13.1. The molecule has 0 atom stereocenters. The number of benzene rings is 1. The molecule has 0 aliphatic heterocycles. The van der Waals surface area contributed by atoms with Gasteiger partial charge in [-0.15, -0.1) is 0 Å². The van der Waals surface area contributed by atoms with Crippen LogP contribution < -0.4 is 5.32 Å². The molecule has 0 amide bonds. The molecule has 0 unspecified atom stereocenters. The molecule has 0 aliphatic rings. The third-order valence-corrected chi connectivity index (χ3v) is 3.14. The van der Waals surface area contributed by atoms with Crippen LogP contribution in [0, 0.1) is 12.7 Å². The van der Waals surface area contributed by atoms with Crippen molar-refractivity contribution >= 4 is 17.4 Å². The maximum absolute atomic E-state index is 13.1. The van der Waals surface area contributed by atoms with Crippen molar-refractivity contribution in [3.63, 3.8) is 0 Å². The molecule has 1 heterocycles. The van der Waals surface area contributed by atoms with Gasteiger partial charge in [0.1, 0.15) is 17.5 Å². The van der Waals surface area contributed by atoms with E-state index in [2.05, 4.69) is 29.1 Å². The molecular weight excluding hydrogens is 277 g/mol. The van der Waals surface area contributed by atoms with Crippen LogP contribution in [-0.4, -0.2) is 9.97 Å². The van der Waals surface area contributed by atoms with Gasteiger partial charge in [0.2, 0.25) is 0 Å². The summed E-state index contributed by atoms with van der Waals surface area (Å²) >= 11 is 5.76. The van der Waals surface area contributed by atoms with E-state index in [1.165, 1.54) is 6.07 Å². The molecule has 106 valence electrons. The molecule has 0 saturated heterocycles. The molecule has 0 aliphatic carbocycles. The molecular formula is C15H17ClFN3.